The van der Waals surface area contributed by atoms with Crippen LogP contribution in [-0.2, 0) is 4.79 Å². The Balaban J connectivity index is 2.33. The van der Waals surface area contributed by atoms with Crippen LogP contribution in [0.15, 0.2) is 12.1 Å². The molecule has 0 saturated carbocycles. The number of aromatic nitrogens is 1. The van der Waals surface area contributed by atoms with Crippen LogP contribution in [0.5, 0.6) is 0 Å². The summed E-state index contributed by atoms with van der Waals surface area (Å²) < 4.78 is 0. The summed E-state index contributed by atoms with van der Waals surface area (Å²) in [7, 11) is 0. The van der Waals surface area contributed by atoms with Crippen molar-refractivity contribution in [2.45, 2.75) is 32.7 Å². The van der Waals surface area contributed by atoms with Gasteiger partial charge in [0.25, 0.3) is 0 Å². The minimum Gasteiger partial charge on any atom is -0.389 e. The van der Waals surface area contributed by atoms with Crippen LogP contribution < -0.4 is 16.4 Å². The van der Waals surface area contributed by atoms with Gasteiger partial charge in [-0.2, -0.15) is 0 Å². The van der Waals surface area contributed by atoms with Gasteiger partial charge in [0.2, 0.25) is 5.91 Å². The van der Waals surface area contributed by atoms with E-state index >= 15 is 0 Å². The zero-order valence-electron chi connectivity index (χ0n) is 11.8. The summed E-state index contributed by atoms with van der Waals surface area (Å²) in [5.74, 6) is 0.442. The molecule has 2 atom stereocenters. The molecule has 1 aliphatic heterocycles. The highest BCUT2D eigenvalue weighted by atomic mass is 32.1. The third-order valence-corrected chi connectivity index (χ3v) is 4.04. The number of aryl methyl sites for hydroxylation is 1. The number of rotatable bonds is 3. The predicted octanol–water partition coefficient (Wildman–Crippen LogP) is 1.11. The number of thiocarbonyl (C=S) groups is 1. The molecule has 2 heterocycles. The monoisotopic (exact) mass is 292 g/mol. The SMILES string of the molecule is Cc1cc(C(N)=S)cc(N2CC(C(N)=O)CCC2C)n1. The molecule has 1 aromatic heterocycles. The first-order valence-corrected chi connectivity index (χ1v) is 7.13. The molecule has 6 heteroatoms. The molecule has 1 saturated heterocycles. The maximum absolute atomic E-state index is 11.4. The smallest absolute Gasteiger partial charge is 0.222 e. The van der Waals surface area contributed by atoms with Gasteiger partial charge in [0.1, 0.15) is 10.8 Å². The fourth-order valence-electron chi connectivity index (χ4n) is 2.60. The van der Waals surface area contributed by atoms with Crippen molar-refractivity contribution in [1.82, 2.24) is 4.98 Å². The molecule has 1 amide bonds. The summed E-state index contributed by atoms with van der Waals surface area (Å²) in [6.07, 6.45) is 1.76. The average molecular weight is 292 g/mol. The van der Waals surface area contributed by atoms with Gasteiger partial charge in [-0.3, -0.25) is 4.79 Å². The Bertz CT molecular complexity index is 546. The zero-order valence-corrected chi connectivity index (χ0v) is 12.6. The molecule has 0 bridgehead atoms. The topological polar surface area (TPSA) is 85.2 Å². The van der Waals surface area contributed by atoms with Crippen LogP contribution in [0.25, 0.3) is 0 Å². The number of nitrogens with zero attached hydrogens (tertiary/aromatic N) is 2. The van der Waals surface area contributed by atoms with Gasteiger partial charge in [-0.15, -0.1) is 0 Å². The number of carbonyl (C=O) groups excluding carboxylic acids is 1. The highest BCUT2D eigenvalue weighted by molar-refractivity contribution is 7.80. The van der Waals surface area contributed by atoms with Crippen molar-refractivity contribution >= 4 is 28.9 Å². The third-order valence-electron chi connectivity index (χ3n) is 3.80. The van der Waals surface area contributed by atoms with E-state index in [2.05, 4.69) is 16.8 Å². The Kier molecular flexibility index (Phi) is 4.23. The Morgan fingerprint density at radius 1 is 1.40 bits per heavy atom. The van der Waals surface area contributed by atoms with Crippen molar-refractivity contribution < 1.29 is 4.79 Å². The van der Waals surface area contributed by atoms with Crippen molar-refractivity contribution in [3.8, 4) is 0 Å². The Morgan fingerprint density at radius 2 is 2.10 bits per heavy atom. The number of amides is 1. The first kappa shape index (κ1) is 14.7. The molecule has 5 nitrogen and oxygen atoms in total. The normalized spacial score (nSPS) is 22.6. The van der Waals surface area contributed by atoms with Crippen molar-refractivity contribution in [3.05, 3.63) is 23.4 Å². The summed E-state index contributed by atoms with van der Waals surface area (Å²) in [6.45, 7) is 4.64. The molecule has 0 aromatic carbocycles. The van der Waals surface area contributed by atoms with E-state index in [9.17, 15) is 4.79 Å². The van der Waals surface area contributed by atoms with E-state index in [1.807, 2.05) is 19.1 Å². The maximum Gasteiger partial charge on any atom is 0.222 e. The number of anilines is 1. The van der Waals surface area contributed by atoms with E-state index in [0.717, 1.165) is 29.9 Å². The van der Waals surface area contributed by atoms with E-state index < -0.39 is 0 Å². The van der Waals surface area contributed by atoms with Crippen LogP contribution in [0, 0.1) is 12.8 Å². The predicted molar refractivity (Wildman–Crippen MR) is 83.6 cm³/mol. The van der Waals surface area contributed by atoms with Crippen LogP contribution in [-0.4, -0.2) is 28.5 Å². The first-order chi connectivity index (χ1) is 9.38. The van der Waals surface area contributed by atoms with Crippen LogP contribution in [0.1, 0.15) is 31.0 Å². The lowest BCUT2D eigenvalue weighted by Crippen LogP contribution is -2.46. The van der Waals surface area contributed by atoms with Crippen LogP contribution in [0.2, 0.25) is 0 Å². The number of nitrogens with two attached hydrogens (primary N) is 2. The van der Waals surface area contributed by atoms with Gasteiger partial charge in [0, 0.05) is 23.8 Å². The van der Waals surface area contributed by atoms with Crippen molar-refractivity contribution in [1.29, 1.82) is 0 Å². The lowest BCUT2D eigenvalue weighted by Gasteiger charge is -2.38. The molecule has 1 aromatic rings. The molecule has 0 radical (unpaired) electrons. The van der Waals surface area contributed by atoms with Gasteiger partial charge >= 0.3 is 0 Å². The molecule has 4 N–H and O–H groups in total. The quantitative estimate of drug-likeness (QED) is 0.815. The van der Waals surface area contributed by atoms with Crippen LogP contribution >= 0.6 is 12.2 Å². The lowest BCUT2D eigenvalue weighted by atomic mass is 9.93. The van der Waals surface area contributed by atoms with E-state index in [4.69, 9.17) is 23.7 Å². The molecule has 1 fully saturated rings. The van der Waals surface area contributed by atoms with Gasteiger partial charge in [-0.05, 0) is 38.8 Å². The third kappa shape index (κ3) is 3.07. The number of hydrogen-bond acceptors (Lipinski definition) is 4. The molecule has 1 aliphatic rings. The maximum atomic E-state index is 11.4. The van der Waals surface area contributed by atoms with Crippen molar-refractivity contribution in [2.24, 2.45) is 17.4 Å². The fourth-order valence-corrected chi connectivity index (χ4v) is 2.72. The molecule has 0 spiro atoms. The molecule has 20 heavy (non-hydrogen) atoms. The summed E-state index contributed by atoms with van der Waals surface area (Å²) >= 11 is 5.03. The Hall–Kier alpha value is -1.69. The zero-order chi connectivity index (χ0) is 14.9. The largest absolute Gasteiger partial charge is 0.389 e. The number of primary amides is 1. The fraction of sp³-hybridized carbons (Fsp3) is 0.500. The summed E-state index contributed by atoms with van der Waals surface area (Å²) in [5.41, 5.74) is 12.8. The second kappa shape index (κ2) is 5.75. The number of pyridine rings is 1. The molecule has 0 aliphatic carbocycles. The van der Waals surface area contributed by atoms with Gasteiger partial charge in [0.15, 0.2) is 0 Å². The van der Waals surface area contributed by atoms with Crippen molar-refractivity contribution in [3.63, 3.8) is 0 Å². The molecular weight excluding hydrogens is 272 g/mol. The average Bonchev–Trinajstić information content (AvgIpc) is 2.38. The van der Waals surface area contributed by atoms with E-state index in [1.54, 1.807) is 0 Å². The first-order valence-electron chi connectivity index (χ1n) is 6.73. The molecule has 108 valence electrons. The highest BCUT2D eigenvalue weighted by Gasteiger charge is 2.29. The number of hydrogen-bond donors (Lipinski definition) is 2. The molecule has 2 rings (SSSR count). The second-order valence-corrected chi connectivity index (χ2v) is 5.84. The van der Waals surface area contributed by atoms with E-state index in [0.29, 0.717) is 17.6 Å². The summed E-state index contributed by atoms with van der Waals surface area (Å²) in [6, 6.07) is 4.07. The highest BCUT2D eigenvalue weighted by Crippen LogP contribution is 2.27. The second-order valence-electron chi connectivity index (χ2n) is 5.40. The van der Waals surface area contributed by atoms with Crippen LogP contribution in [0.3, 0.4) is 0 Å². The van der Waals surface area contributed by atoms with Gasteiger partial charge < -0.3 is 16.4 Å². The lowest BCUT2D eigenvalue weighted by molar-refractivity contribution is -0.122. The van der Waals surface area contributed by atoms with Gasteiger partial charge in [-0.25, -0.2) is 4.98 Å². The van der Waals surface area contributed by atoms with E-state index in [-0.39, 0.29) is 11.8 Å². The summed E-state index contributed by atoms with van der Waals surface area (Å²) in [5, 5.41) is 0. The van der Waals surface area contributed by atoms with Crippen LogP contribution in [0.4, 0.5) is 5.82 Å². The Morgan fingerprint density at radius 3 is 2.70 bits per heavy atom. The number of piperidine rings is 1. The molecule has 2 unspecified atom stereocenters. The van der Waals surface area contributed by atoms with Gasteiger partial charge in [-0.1, -0.05) is 12.2 Å². The minimum atomic E-state index is -0.246. The van der Waals surface area contributed by atoms with Gasteiger partial charge in [0.05, 0.1) is 5.92 Å². The summed E-state index contributed by atoms with van der Waals surface area (Å²) in [4.78, 5) is 18.4. The molecular formula is C14H20N4OS. The standard InChI is InChI=1S/C14H20N4OS/c1-8-5-11(14(16)20)6-12(17-8)18-7-10(13(15)19)4-3-9(18)2/h5-6,9-10H,3-4,7H2,1-2H3,(H2,15,19)(H2,16,20). The van der Waals surface area contributed by atoms with E-state index in [1.165, 1.54) is 0 Å². The Labute approximate surface area is 124 Å². The number of carbonyl (C=O) groups is 1. The minimum absolute atomic E-state index is 0.123. The van der Waals surface area contributed by atoms with Crippen molar-refractivity contribution in [2.75, 3.05) is 11.4 Å².